The highest BCUT2D eigenvalue weighted by Crippen LogP contribution is 2.35. The summed E-state index contributed by atoms with van der Waals surface area (Å²) in [6.07, 6.45) is 9.19. The highest BCUT2D eigenvalue weighted by Gasteiger charge is 2.24. The molecule has 1 N–H and O–H groups in total. The van der Waals surface area contributed by atoms with Gasteiger partial charge in [0.15, 0.2) is 0 Å². The minimum atomic E-state index is 0.696. The maximum absolute atomic E-state index is 4.28. The van der Waals surface area contributed by atoms with E-state index in [0.717, 1.165) is 6.54 Å². The fourth-order valence-electron chi connectivity index (χ4n) is 3.11. The van der Waals surface area contributed by atoms with Crippen LogP contribution in [0.4, 0.5) is 11.4 Å². The number of aromatic nitrogens is 2. The lowest BCUT2D eigenvalue weighted by Crippen LogP contribution is -2.17. The SMILES string of the molecule is c1cc(N2CCCC2)ccc1NCc1cncn1C1CC1. The van der Waals surface area contributed by atoms with Gasteiger partial charge in [0.25, 0.3) is 0 Å². The fraction of sp³-hybridized carbons (Fsp3) is 0.471. The molecule has 1 aromatic heterocycles. The van der Waals surface area contributed by atoms with Crippen LogP contribution in [0.1, 0.15) is 37.4 Å². The van der Waals surface area contributed by atoms with Crippen molar-refractivity contribution >= 4 is 11.4 Å². The molecule has 110 valence electrons. The predicted octanol–water partition coefficient (Wildman–Crippen LogP) is 3.43. The molecule has 21 heavy (non-hydrogen) atoms. The van der Waals surface area contributed by atoms with E-state index in [2.05, 4.69) is 44.0 Å². The van der Waals surface area contributed by atoms with Crippen molar-refractivity contribution in [1.82, 2.24) is 9.55 Å². The number of imidazole rings is 1. The number of benzene rings is 1. The van der Waals surface area contributed by atoms with Crippen molar-refractivity contribution in [3.63, 3.8) is 0 Å². The largest absolute Gasteiger partial charge is 0.379 e. The predicted molar refractivity (Wildman–Crippen MR) is 85.7 cm³/mol. The van der Waals surface area contributed by atoms with Crippen molar-refractivity contribution in [2.24, 2.45) is 0 Å². The molecule has 4 nitrogen and oxygen atoms in total. The molecule has 4 rings (SSSR count). The van der Waals surface area contributed by atoms with Crippen molar-refractivity contribution < 1.29 is 0 Å². The van der Waals surface area contributed by atoms with Gasteiger partial charge in [0.1, 0.15) is 0 Å². The Morgan fingerprint density at radius 2 is 1.86 bits per heavy atom. The smallest absolute Gasteiger partial charge is 0.0951 e. The average molecular weight is 282 g/mol. The molecule has 1 saturated carbocycles. The lowest BCUT2D eigenvalue weighted by molar-refractivity contribution is 0.701. The minimum Gasteiger partial charge on any atom is -0.379 e. The van der Waals surface area contributed by atoms with Crippen LogP contribution in [0.15, 0.2) is 36.8 Å². The zero-order chi connectivity index (χ0) is 14.1. The van der Waals surface area contributed by atoms with E-state index in [-0.39, 0.29) is 0 Å². The lowest BCUT2D eigenvalue weighted by atomic mass is 10.2. The summed E-state index contributed by atoms with van der Waals surface area (Å²) in [4.78, 5) is 6.74. The summed E-state index contributed by atoms with van der Waals surface area (Å²) in [6.45, 7) is 3.25. The quantitative estimate of drug-likeness (QED) is 0.912. The molecule has 0 radical (unpaired) electrons. The molecule has 1 aliphatic heterocycles. The Hall–Kier alpha value is -1.97. The Labute approximate surface area is 125 Å². The van der Waals surface area contributed by atoms with E-state index in [1.807, 2.05) is 12.5 Å². The molecule has 1 aromatic carbocycles. The molecule has 0 spiro atoms. The number of nitrogens with zero attached hydrogens (tertiary/aromatic N) is 3. The van der Waals surface area contributed by atoms with Gasteiger partial charge in [-0.3, -0.25) is 0 Å². The van der Waals surface area contributed by atoms with Crippen LogP contribution in [0.5, 0.6) is 0 Å². The number of anilines is 2. The molecule has 1 aliphatic carbocycles. The Morgan fingerprint density at radius 1 is 1.10 bits per heavy atom. The maximum atomic E-state index is 4.28. The van der Waals surface area contributed by atoms with E-state index in [4.69, 9.17) is 0 Å². The van der Waals surface area contributed by atoms with Gasteiger partial charge in [0.2, 0.25) is 0 Å². The van der Waals surface area contributed by atoms with Gasteiger partial charge in [-0.25, -0.2) is 4.98 Å². The van der Waals surface area contributed by atoms with Crippen LogP contribution in [0, 0.1) is 0 Å². The number of hydrogen-bond donors (Lipinski definition) is 1. The van der Waals surface area contributed by atoms with E-state index in [9.17, 15) is 0 Å². The third kappa shape index (κ3) is 2.75. The van der Waals surface area contributed by atoms with Gasteiger partial charge >= 0.3 is 0 Å². The first-order valence-electron chi connectivity index (χ1n) is 8.00. The van der Waals surface area contributed by atoms with Gasteiger partial charge in [0, 0.05) is 36.7 Å². The van der Waals surface area contributed by atoms with Crippen molar-refractivity contribution in [3.05, 3.63) is 42.5 Å². The first-order chi connectivity index (χ1) is 10.4. The second-order valence-corrected chi connectivity index (χ2v) is 6.12. The minimum absolute atomic E-state index is 0.696. The summed E-state index contributed by atoms with van der Waals surface area (Å²) in [5, 5.41) is 3.51. The first kappa shape index (κ1) is 12.7. The molecule has 0 unspecified atom stereocenters. The Balaban J connectivity index is 1.39. The van der Waals surface area contributed by atoms with Crippen molar-refractivity contribution in [3.8, 4) is 0 Å². The molecule has 2 aliphatic rings. The highest BCUT2D eigenvalue weighted by molar-refractivity contribution is 5.55. The third-order valence-electron chi connectivity index (χ3n) is 4.50. The highest BCUT2D eigenvalue weighted by atomic mass is 15.1. The van der Waals surface area contributed by atoms with E-state index in [0.29, 0.717) is 6.04 Å². The monoisotopic (exact) mass is 282 g/mol. The Bertz CT molecular complexity index is 592. The van der Waals surface area contributed by atoms with Gasteiger partial charge in [-0.1, -0.05) is 0 Å². The Kier molecular flexibility index (Phi) is 3.30. The summed E-state index contributed by atoms with van der Waals surface area (Å²) in [7, 11) is 0. The number of rotatable bonds is 5. The van der Waals surface area contributed by atoms with Crippen LogP contribution < -0.4 is 10.2 Å². The second-order valence-electron chi connectivity index (χ2n) is 6.12. The lowest BCUT2D eigenvalue weighted by Gasteiger charge is -2.18. The molecular weight excluding hydrogens is 260 g/mol. The maximum Gasteiger partial charge on any atom is 0.0951 e. The van der Waals surface area contributed by atoms with Crippen molar-refractivity contribution in [2.45, 2.75) is 38.3 Å². The fourth-order valence-corrected chi connectivity index (χ4v) is 3.11. The molecule has 2 aromatic rings. The average Bonchev–Trinajstić information content (AvgIpc) is 3.04. The first-order valence-corrected chi connectivity index (χ1v) is 8.00. The van der Waals surface area contributed by atoms with Crippen LogP contribution >= 0.6 is 0 Å². The van der Waals surface area contributed by atoms with E-state index in [1.165, 1.54) is 55.8 Å². The standard InChI is InChI=1S/C17H22N4/c1-2-10-20(9-1)15-5-3-14(4-6-15)19-12-17-11-18-13-21(17)16-7-8-16/h3-6,11,13,16,19H,1-2,7-10,12H2. The molecular formula is C17H22N4. The summed E-state index contributed by atoms with van der Waals surface area (Å²) in [6, 6.07) is 9.52. The van der Waals surface area contributed by atoms with Gasteiger partial charge in [-0.2, -0.15) is 0 Å². The topological polar surface area (TPSA) is 33.1 Å². The second kappa shape index (κ2) is 5.43. The zero-order valence-electron chi connectivity index (χ0n) is 12.3. The molecule has 0 amide bonds. The van der Waals surface area contributed by atoms with Crippen LogP contribution in [0.3, 0.4) is 0 Å². The summed E-state index contributed by atoms with van der Waals surface area (Å²) < 4.78 is 2.31. The van der Waals surface area contributed by atoms with Crippen LogP contribution in [-0.2, 0) is 6.54 Å². The van der Waals surface area contributed by atoms with Crippen LogP contribution in [0.2, 0.25) is 0 Å². The summed E-state index contributed by atoms with van der Waals surface area (Å²) >= 11 is 0. The number of nitrogens with one attached hydrogen (secondary N) is 1. The van der Waals surface area contributed by atoms with Crippen molar-refractivity contribution in [1.29, 1.82) is 0 Å². The summed E-state index contributed by atoms with van der Waals surface area (Å²) in [5.41, 5.74) is 3.81. The van der Waals surface area contributed by atoms with Gasteiger partial charge in [-0.05, 0) is 49.9 Å². The van der Waals surface area contributed by atoms with Gasteiger partial charge in [-0.15, -0.1) is 0 Å². The van der Waals surface area contributed by atoms with Crippen LogP contribution in [-0.4, -0.2) is 22.6 Å². The van der Waals surface area contributed by atoms with Gasteiger partial charge < -0.3 is 14.8 Å². The van der Waals surface area contributed by atoms with E-state index < -0.39 is 0 Å². The Morgan fingerprint density at radius 3 is 2.57 bits per heavy atom. The molecule has 2 heterocycles. The van der Waals surface area contributed by atoms with Gasteiger partial charge in [0.05, 0.1) is 18.6 Å². The zero-order valence-corrected chi connectivity index (χ0v) is 12.3. The van der Waals surface area contributed by atoms with E-state index >= 15 is 0 Å². The molecule has 2 fully saturated rings. The van der Waals surface area contributed by atoms with Crippen LogP contribution in [0.25, 0.3) is 0 Å². The molecule has 4 heteroatoms. The van der Waals surface area contributed by atoms with Crippen molar-refractivity contribution in [2.75, 3.05) is 23.3 Å². The van der Waals surface area contributed by atoms with E-state index in [1.54, 1.807) is 0 Å². The number of hydrogen-bond acceptors (Lipinski definition) is 3. The summed E-state index contributed by atoms with van der Waals surface area (Å²) in [5.74, 6) is 0. The molecule has 0 atom stereocenters. The molecule has 1 saturated heterocycles. The molecule has 0 bridgehead atoms. The normalized spacial score (nSPS) is 18.2. The third-order valence-corrected chi connectivity index (χ3v) is 4.50.